The van der Waals surface area contributed by atoms with E-state index in [0.29, 0.717) is 13.0 Å². The van der Waals surface area contributed by atoms with E-state index in [2.05, 4.69) is 31.9 Å². The Bertz CT molecular complexity index is 441. The molecule has 4 nitrogen and oxygen atoms in total. The molecule has 1 aromatic rings. The molecule has 0 unspecified atom stereocenters. The number of carbonyl (C=O) groups is 1. The van der Waals surface area contributed by atoms with Crippen molar-refractivity contribution < 1.29 is 4.79 Å². The molecule has 0 saturated carbocycles. The van der Waals surface area contributed by atoms with E-state index in [9.17, 15) is 4.79 Å². The maximum Gasteiger partial charge on any atom is 0.230 e. The monoisotopic (exact) mass is 265 g/mol. The van der Waals surface area contributed by atoms with Crippen LogP contribution in [0.4, 0.5) is 5.82 Å². The highest BCUT2D eigenvalue weighted by Gasteiger charge is 2.30. The number of carbonyl (C=O) groups excluding carboxylic acids is 1. The number of hydrogen-bond donors (Lipinski definition) is 0. The van der Waals surface area contributed by atoms with Gasteiger partial charge < -0.3 is 0 Å². The molecule has 1 aliphatic heterocycles. The molecule has 0 fully saturated rings. The number of anilines is 1. The van der Waals surface area contributed by atoms with Crippen LogP contribution in [0.2, 0.25) is 0 Å². The van der Waals surface area contributed by atoms with Gasteiger partial charge in [-0.1, -0.05) is 34.6 Å². The summed E-state index contributed by atoms with van der Waals surface area (Å²) < 4.78 is 1.96. The first-order chi connectivity index (χ1) is 8.80. The molecule has 0 saturated heterocycles. The highest BCUT2D eigenvalue weighted by molar-refractivity contribution is 5.94. The number of amides is 1. The topological polar surface area (TPSA) is 38.1 Å². The first-order valence-corrected chi connectivity index (χ1v) is 7.21. The Kier molecular flexibility index (Phi) is 4.77. The zero-order chi connectivity index (χ0) is 14.8. The van der Waals surface area contributed by atoms with Crippen LogP contribution in [0.3, 0.4) is 0 Å². The normalized spacial score (nSPS) is 15.2. The van der Waals surface area contributed by atoms with Crippen molar-refractivity contribution in [2.24, 2.45) is 0 Å². The lowest BCUT2D eigenvalue weighted by Crippen LogP contribution is -2.42. The fraction of sp³-hybridized carbons (Fsp3) is 0.733. The Hall–Kier alpha value is -1.32. The lowest BCUT2D eigenvalue weighted by Gasteiger charge is -2.30. The molecule has 0 spiro atoms. The molecule has 1 amide bonds. The van der Waals surface area contributed by atoms with Crippen LogP contribution in [-0.2, 0) is 16.8 Å². The van der Waals surface area contributed by atoms with Crippen molar-refractivity contribution in [1.29, 1.82) is 0 Å². The van der Waals surface area contributed by atoms with E-state index in [1.54, 1.807) is 0 Å². The van der Waals surface area contributed by atoms with Crippen LogP contribution in [0.5, 0.6) is 0 Å². The second-order valence-electron chi connectivity index (χ2n) is 5.97. The molecule has 0 N–H and O–H groups in total. The SMILES string of the molecule is CC.CC(C)N1C(=O)CCn2nc(C(C)(C)C)cc21. The predicted molar refractivity (Wildman–Crippen MR) is 79.5 cm³/mol. The number of fused-ring (bicyclic) bond motifs is 1. The van der Waals surface area contributed by atoms with Gasteiger partial charge in [0.2, 0.25) is 5.91 Å². The molecular weight excluding hydrogens is 238 g/mol. The van der Waals surface area contributed by atoms with Gasteiger partial charge in [-0.2, -0.15) is 5.10 Å². The first kappa shape index (κ1) is 15.7. The quantitative estimate of drug-likeness (QED) is 0.781. The van der Waals surface area contributed by atoms with Crippen molar-refractivity contribution in [1.82, 2.24) is 9.78 Å². The van der Waals surface area contributed by atoms with Crippen LogP contribution < -0.4 is 4.90 Å². The van der Waals surface area contributed by atoms with Crippen molar-refractivity contribution in [2.45, 2.75) is 72.9 Å². The highest BCUT2D eigenvalue weighted by Crippen LogP contribution is 2.29. The number of aromatic nitrogens is 2. The van der Waals surface area contributed by atoms with Crippen molar-refractivity contribution >= 4 is 11.7 Å². The van der Waals surface area contributed by atoms with Crippen LogP contribution in [0, 0.1) is 0 Å². The van der Waals surface area contributed by atoms with Gasteiger partial charge in [0.1, 0.15) is 5.82 Å². The minimum absolute atomic E-state index is 0.0238. The smallest absolute Gasteiger partial charge is 0.230 e. The third-order valence-corrected chi connectivity index (χ3v) is 3.10. The molecule has 4 heteroatoms. The zero-order valence-electron chi connectivity index (χ0n) is 13.3. The minimum atomic E-state index is 0.0238. The third-order valence-electron chi connectivity index (χ3n) is 3.10. The zero-order valence-corrected chi connectivity index (χ0v) is 13.3. The molecular formula is C15H27N3O. The van der Waals surface area contributed by atoms with E-state index in [1.807, 2.05) is 37.3 Å². The number of rotatable bonds is 1. The van der Waals surface area contributed by atoms with Crippen LogP contribution in [0.15, 0.2) is 6.07 Å². The van der Waals surface area contributed by atoms with Crippen molar-refractivity contribution in [2.75, 3.05) is 4.90 Å². The maximum atomic E-state index is 11.9. The fourth-order valence-corrected chi connectivity index (χ4v) is 2.13. The Morgan fingerprint density at radius 2 is 1.84 bits per heavy atom. The Morgan fingerprint density at radius 3 is 2.32 bits per heavy atom. The largest absolute Gasteiger partial charge is 0.294 e. The van der Waals surface area contributed by atoms with E-state index in [4.69, 9.17) is 0 Å². The molecule has 1 aromatic heterocycles. The molecule has 0 aliphatic carbocycles. The van der Waals surface area contributed by atoms with Gasteiger partial charge in [-0.15, -0.1) is 0 Å². The Morgan fingerprint density at radius 1 is 1.26 bits per heavy atom. The lowest BCUT2D eigenvalue weighted by atomic mass is 9.92. The Balaban J connectivity index is 0.000000861. The summed E-state index contributed by atoms with van der Waals surface area (Å²) in [6.07, 6.45) is 0.552. The predicted octanol–water partition coefficient (Wildman–Crippen LogP) is 3.35. The van der Waals surface area contributed by atoms with Gasteiger partial charge in [0.25, 0.3) is 0 Å². The van der Waals surface area contributed by atoms with Crippen LogP contribution in [-0.4, -0.2) is 21.7 Å². The van der Waals surface area contributed by atoms with Gasteiger partial charge in [-0.25, -0.2) is 4.68 Å². The summed E-state index contributed by atoms with van der Waals surface area (Å²) >= 11 is 0. The summed E-state index contributed by atoms with van der Waals surface area (Å²) in [6.45, 7) is 15.2. The minimum Gasteiger partial charge on any atom is -0.294 e. The average Bonchev–Trinajstić information content (AvgIpc) is 2.74. The van der Waals surface area contributed by atoms with Gasteiger partial charge in [0.15, 0.2) is 0 Å². The molecule has 0 atom stereocenters. The van der Waals surface area contributed by atoms with Gasteiger partial charge in [0, 0.05) is 23.9 Å². The van der Waals surface area contributed by atoms with E-state index in [0.717, 1.165) is 11.5 Å². The molecule has 1 aliphatic rings. The van der Waals surface area contributed by atoms with Gasteiger partial charge >= 0.3 is 0 Å². The van der Waals surface area contributed by atoms with Crippen molar-refractivity contribution in [3.05, 3.63) is 11.8 Å². The summed E-state index contributed by atoms with van der Waals surface area (Å²) in [6, 6.07) is 2.24. The van der Waals surface area contributed by atoms with Crippen molar-refractivity contribution in [3.63, 3.8) is 0 Å². The van der Waals surface area contributed by atoms with Crippen LogP contribution in [0.1, 0.15) is 60.6 Å². The fourth-order valence-electron chi connectivity index (χ4n) is 2.13. The summed E-state index contributed by atoms with van der Waals surface area (Å²) in [7, 11) is 0. The molecule has 0 bridgehead atoms. The Labute approximate surface area is 116 Å². The summed E-state index contributed by atoms with van der Waals surface area (Å²) in [5.41, 5.74) is 1.07. The maximum absolute atomic E-state index is 11.9. The van der Waals surface area contributed by atoms with E-state index >= 15 is 0 Å². The number of aryl methyl sites for hydroxylation is 1. The van der Waals surface area contributed by atoms with Crippen molar-refractivity contribution in [3.8, 4) is 0 Å². The van der Waals surface area contributed by atoms with Gasteiger partial charge in [-0.3, -0.25) is 9.69 Å². The highest BCUT2D eigenvalue weighted by atomic mass is 16.2. The molecule has 108 valence electrons. The second kappa shape index (κ2) is 5.76. The number of hydrogen-bond acceptors (Lipinski definition) is 2. The summed E-state index contributed by atoms with van der Waals surface area (Å²) in [5.74, 6) is 1.15. The summed E-state index contributed by atoms with van der Waals surface area (Å²) in [4.78, 5) is 13.8. The van der Waals surface area contributed by atoms with Crippen LogP contribution in [0.25, 0.3) is 0 Å². The molecule has 2 rings (SSSR count). The standard InChI is InChI=1S/C13H21N3O.C2H6/c1-9(2)16-11-8-10(13(3,4)5)14-15(11)7-6-12(16)17;1-2/h8-9H,6-7H2,1-5H3;1-2H3. The van der Waals surface area contributed by atoms with E-state index in [-0.39, 0.29) is 17.4 Å². The second-order valence-corrected chi connectivity index (χ2v) is 5.97. The summed E-state index contributed by atoms with van der Waals surface area (Å²) in [5, 5.41) is 4.61. The molecule has 19 heavy (non-hydrogen) atoms. The van der Waals surface area contributed by atoms with Crippen LogP contribution >= 0.6 is 0 Å². The molecule has 0 radical (unpaired) electrons. The molecule has 2 heterocycles. The first-order valence-electron chi connectivity index (χ1n) is 7.21. The van der Waals surface area contributed by atoms with Gasteiger partial charge in [0.05, 0.1) is 12.2 Å². The molecule has 0 aromatic carbocycles. The third kappa shape index (κ3) is 3.17. The van der Waals surface area contributed by atoms with E-state index in [1.165, 1.54) is 0 Å². The lowest BCUT2D eigenvalue weighted by molar-refractivity contribution is -0.119. The number of nitrogens with zero attached hydrogens (tertiary/aromatic N) is 3. The van der Waals surface area contributed by atoms with Gasteiger partial charge in [-0.05, 0) is 13.8 Å². The average molecular weight is 265 g/mol. The van der Waals surface area contributed by atoms with E-state index < -0.39 is 0 Å².